The minimum Gasteiger partial charge on any atom is -0.347 e. The number of halogens is 3. The highest BCUT2D eigenvalue weighted by atomic mass is 19.4. The zero-order valence-electron chi connectivity index (χ0n) is 15.2. The van der Waals surface area contributed by atoms with Crippen molar-refractivity contribution in [3.05, 3.63) is 60.3 Å². The first kappa shape index (κ1) is 18.1. The molecule has 27 heavy (non-hydrogen) atoms. The molecule has 0 unspecified atom stereocenters. The molecule has 0 aliphatic heterocycles. The molecule has 1 nitrogen and oxygen atoms in total. The molecule has 1 fully saturated rings. The number of aromatic nitrogens is 1. The van der Waals surface area contributed by atoms with E-state index in [9.17, 15) is 13.2 Å². The Labute approximate surface area is 157 Å². The van der Waals surface area contributed by atoms with Crippen LogP contribution in [0.2, 0.25) is 0 Å². The van der Waals surface area contributed by atoms with E-state index in [0.717, 1.165) is 41.4 Å². The molecular weight excluding hydrogens is 347 g/mol. The van der Waals surface area contributed by atoms with Gasteiger partial charge in [-0.15, -0.1) is 0 Å². The Balaban J connectivity index is 1.52. The predicted molar refractivity (Wildman–Crippen MR) is 102 cm³/mol. The van der Waals surface area contributed by atoms with E-state index in [2.05, 4.69) is 10.6 Å². The smallest absolute Gasteiger partial charge is 0.347 e. The van der Waals surface area contributed by atoms with Gasteiger partial charge < -0.3 is 4.57 Å². The maximum absolute atomic E-state index is 13.0. The topological polar surface area (TPSA) is 4.93 Å². The van der Waals surface area contributed by atoms with Crippen molar-refractivity contribution >= 4 is 10.9 Å². The predicted octanol–water partition coefficient (Wildman–Crippen LogP) is 7.10. The van der Waals surface area contributed by atoms with Crippen molar-refractivity contribution in [2.75, 3.05) is 0 Å². The maximum atomic E-state index is 13.0. The molecule has 141 valence electrons. The lowest BCUT2D eigenvalue weighted by Crippen LogP contribution is -2.04. The summed E-state index contributed by atoms with van der Waals surface area (Å²) in [6.45, 7) is 0.972. The van der Waals surface area contributed by atoms with Crippen molar-refractivity contribution in [3.8, 4) is 11.1 Å². The molecule has 0 amide bonds. The van der Waals surface area contributed by atoms with Crippen molar-refractivity contribution in [1.29, 1.82) is 0 Å². The van der Waals surface area contributed by atoms with Crippen LogP contribution in [-0.4, -0.2) is 4.57 Å². The molecule has 1 saturated carbocycles. The summed E-state index contributed by atoms with van der Waals surface area (Å²) in [5.74, 6) is 0.892. The van der Waals surface area contributed by atoms with Crippen molar-refractivity contribution < 1.29 is 13.2 Å². The Morgan fingerprint density at radius 3 is 2.56 bits per heavy atom. The van der Waals surface area contributed by atoms with Gasteiger partial charge in [0.2, 0.25) is 0 Å². The third kappa shape index (κ3) is 4.05. The molecule has 1 aliphatic rings. The van der Waals surface area contributed by atoms with Gasteiger partial charge >= 0.3 is 6.18 Å². The van der Waals surface area contributed by atoms with Crippen molar-refractivity contribution in [1.82, 2.24) is 4.57 Å². The number of aryl methyl sites for hydroxylation is 1. The zero-order chi connectivity index (χ0) is 18.9. The molecule has 0 bridgehead atoms. The lowest BCUT2D eigenvalue weighted by atomic mass is 10.0. The van der Waals surface area contributed by atoms with E-state index in [-0.39, 0.29) is 0 Å². The Kier molecular flexibility index (Phi) is 4.98. The molecule has 4 rings (SSSR count). The molecule has 1 heterocycles. The van der Waals surface area contributed by atoms with Crippen LogP contribution in [0.5, 0.6) is 0 Å². The molecule has 0 N–H and O–H groups in total. The molecular formula is C23H23F3N. The summed E-state index contributed by atoms with van der Waals surface area (Å²) < 4.78 is 41.1. The third-order valence-corrected chi connectivity index (χ3v) is 5.69. The summed E-state index contributed by atoms with van der Waals surface area (Å²) in [5.41, 5.74) is 1.84. The largest absolute Gasteiger partial charge is 0.416 e. The Bertz CT molecular complexity index is 917. The zero-order valence-corrected chi connectivity index (χ0v) is 15.2. The first-order chi connectivity index (χ1) is 13.0. The van der Waals surface area contributed by atoms with E-state index in [1.54, 1.807) is 6.07 Å². The number of hydrogen-bond acceptors (Lipinski definition) is 0. The van der Waals surface area contributed by atoms with Crippen LogP contribution in [0.4, 0.5) is 13.2 Å². The van der Waals surface area contributed by atoms with Gasteiger partial charge in [-0.1, -0.05) is 43.9 Å². The van der Waals surface area contributed by atoms with Gasteiger partial charge in [0.1, 0.15) is 0 Å². The van der Waals surface area contributed by atoms with Gasteiger partial charge in [0, 0.05) is 29.7 Å². The molecule has 1 aliphatic carbocycles. The third-order valence-electron chi connectivity index (χ3n) is 5.69. The number of benzene rings is 2. The fourth-order valence-corrected chi connectivity index (χ4v) is 4.21. The lowest BCUT2D eigenvalue weighted by Gasteiger charge is -2.11. The van der Waals surface area contributed by atoms with Crippen molar-refractivity contribution in [2.45, 2.75) is 51.2 Å². The summed E-state index contributed by atoms with van der Waals surface area (Å²) in [5, 5.41) is 0.950. The Hall–Kier alpha value is -2.23. The van der Waals surface area contributed by atoms with Gasteiger partial charge in [0.05, 0.1) is 5.56 Å². The molecule has 1 aromatic heterocycles. The van der Waals surface area contributed by atoms with Crippen LogP contribution in [0.25, 0.3) is 22.0 Å². The molecule has 2 aromatic carbocycles. The number of rotatable bonds is 5. The van der Waals surface area contributed by atoms with Crippen LogP contribution < -0.4 is 0 Å². The van der Waals surface area contributed by atoms with E-state index in [1.165, 1.54) is 44.2 Å². The standard InChI is InChI=1S/C23H23F3N/c24-23(25,26)21-9-3-8-18(16-21)19-10-11-22-20(15-19)12-14-27(22)13-4-7-17-5-1-2-6-17/h3,8-11,14-17H,1-2,4-7,13H2. The minimum atomic E-state index is -4.32. The van der Waals surface area contributed by atoms with Gasteiger partial charge in [-0.25, -0.2) is 0 Å². The van der Waals surface area contributed by atoms with Gasteiger partial charge in [0.15, 0.2) is 0 Å². The number of hydrogen-bond donors (Lipinski definition) is 0. The Morgan fingerprint density at radius 2 is 1.78 bits per heavy atom. The van der Waals surface area contributed by atoms with Crippen LogP contribution in [0.15, 0.2) is 48.7 Å². The first-order valence-corrected chi connectivity index (χ1v) is 9.69. The maximum Gasteiger partial charge on any atom is 0.416 e. The molecule has 0 spiro atoms. The molecule has 3 aromatic rings. The van der Waals surface area contributed by atoms with Gasteiger partial charge in [0.25, 0.3) is 0 Å². The highest BCUT2D eigenvalue weighted by Gasteiger charge is 2.30. The average molecular weight is 370 g/mol. The summed E-state index contributed by atoms with van der Waals surface area (Å²) in [6, 6.07) is 14.6. The Morgan fingerprint density at radius 1 is 1.00 bits per heavy atom. The van der Waals surface area contributed by atoms with E-state index >= 15 is 0 Å². The summed E-state index contributed by atoms with van der Waals surface area (Å²) in [4.78, 5) is 0. The molecule has 1 radical (unpaired) electrons. The number of nitrogens with zero attached hydrogens (tertiary/aromatic N) is 1. The highest BCUT2D eigenvalue weighted by Crippen LogP contribution is 2.33. The van der Waals surface area contributed by atoms with Crippen molar-refractivity contribution in [2.24, 2.45) is 5.92 Å². The second-order valence-corrected chi connectivity index (χ2v) is 7.57. The quantitative estimate of drug-likeness (QED) is 0.451. The highest BCUT2D eigenvalue weighted by molar-refractivity contribution is 5.85. The summed E-state index contributed by atoms with van der Waals surface area (Å²) in [7, 11) is 0. The molecule has 0 atom stereocenters. The summed E-state index contributed by atoms with van der Waals surface area (Å²) >= 11 is 0. The fraction of sp³-hybridized carbons (Fsp3) is 0.391. The van der Waals surface area contributed by atoms with Crippen LogP contribution in [0.3, 0.4) is 0 Å². The monoisotopic (exact) mass is 370 g/mol. The second kappa shape index (κ2) is 7.41. The fourth-order valence-electron chi connectivity index (χ4n) is 4.21. The number of fused-ring (bicyclic) bond motifs is 1. The van der Waals surface area contributed by atoms with Gasteiger partial charge in [-0.05, 0) is 54.2 Å². The minimum absolute atomic E-state index is 0.578. The molecule has 0 saturated heterocycles. The van der Waals surface area contributed by atoms with E-state index in [4.69, 9.17) is 0 Å². The van der Waals surface area contributed by atoms with E-state index in [1.807, 2.05) is 24.4 Å². The normalized spacial score (nSPS) is 15.7. The average Bonchev–Trinajstić information content (AvgIpc) is 3.31. The van der Waals surface area contributed by atoms with E-state index < -0.39 is 11.7 Å². The summed E-state index contributed by atoms with van der Waals surface area (Å²) in [6.07, 6.45) is 5.59. The van der Waals surface area contributed by atoms with Crippen LogP contribution >= 0.6 is 0 Å². The second-order valence-electron chi connectivity index (χ2n) is 7.57. The van der Waals surface area contributed by atoms with Crippen LogP contribution in [0.1, 0.15) is 44.1 Å². The van der Waals surface area contributed by atoms with E-state index in [0.29, 0.717) is 5.56 Å². The number of alkyl halides is 3. The van der Waals surface area contributed by atoms with Gasteiger partial charge in [-0.2, -0.15) is 13.2 Å². The van der Waals surface area contributed by atoms with Gasteiger partial charge in [-0.3, -0.25) is 0 Å². The SMILES string of the molecule is FC(F)(F)c1cccc(-c2ccc3c([c]cn3CCCC3CCCC3)c2)c1. The molecule has 4 heteroatoms. The van der Waals surface area contributed by atoms with Crippen molar-refractivity contribution in [3.63, 3.8) is 0 Å². The first-order valence-electron chi connectivity index (χ1n) is 9.69. The van der Waals surface area contributed by atoms with Crippen LogP contribution in [0, 0.1) is 12.0 Å². The lowest BCUT2D eigenvalue weighted by molar-refractivity contribution is -0.137. The van der Waals surface area contributed by atoms with Crippen LogP contribution in [-0.2, 0) is 12.7 Å².